The molecule has 162 valence electrons. The molecule has 1 atom stereocenters. The largest absolute Gasteiger partial charge is 0.380 e. The number of imidazole rings is 1. The van der Waals surface area contributed by atoms with Gasteiger partial charge in [0.1, 0.15) is 16.3 Å². The Kier molecular flexibility index (Phi) is 5.02. The molecule has 0 N–H and O–H groups in total. The van der Waals surface area contributed by atoms with Gasteiger partial charge in [0.15, 0.2) is 11.6 Å². The topological polar surface area (TPSA) is 73.9 Å². The van der Waals surface area contributed by atoms with E-state index in [1.54, 1.807) is 24.6 Å². The third-order valence-electron chi connectivity index (χ3n) is 5.94. The third-order valence-corrected chi connectivity index (χ3v) is 7.15. The Bertz CT molecular complexity index is 1240. The number of hydrogen-bond donors (Lipinski definition) is 0. The van der Waals surface area contributed by atoms with Crippen LogP contribution >= 0.6 is 11.3 Å². The average molecular weight is 438 g/mol. The summed E-state index contributed by atoms with van der Waals surface area (Å²) in [4.78, 5) is 18.9. The van der Waals surface area contributed by atoms with E-state index in [1.807, 2.05) is 28.7 Å². The highest BCUT2D eigenvalue weighted by Gasteiger charge is 2.28. The van der Waals surface area contributed by atoms with Crippen LogP contribution in [0.4, 0.5) is 5.82 Å². The highest BCUT2D eigenvalue weighted by Crippen LogP contribution is 2.42. The number of fused-ring (bicyclic) bond motifs is 1. The van der Waals surface area contributed by atoms with E-state index in [0.29, 0.717) is 11.9 Å². The van der Waals surface area contributed by atoms with Crippen molar-refractivity contribution in [1.29, 1.82) is 0 Å². The van der Waals surface area contributed by atoms with Crippen molar-refractivity contribution >= 4 is 27.4 Å². The molecular formula is C22H27N7OS. The molecule has 0 unspecified atom stereocenters. The van der Waals surface area contributed by atoms with Gasteiger partial charge in [-0.05, 0) is 38.8 Å². The molecule has 0 saturated carbocycles. The molecule has 1 fully saturated rings. The van der Waals surface area contributed by atoms with Crippen LogP contribution in [0.5, 0.6) is 0 Å². The van der Waals surface area contributed by atoms with Gasteiger partial charge < -0.3 is 14.2 Å². The van der Waals surface area contributed by atoms with Crippen molar-refractivity contribution in [3.63, 3.8) is 0 Å². The Morgan fingerprint density at radius 3 is 2.71 bits per heavy atom. The van der Waals surface area contributed by atoms with Crippen LogP contribution in [0, 0.1) is 6.92 Å². The standard InChI is InChI=1S/C22H27N7OS/c1-13(2)29-10-7-16(26-29)18-14(3)17-20(28-9-6-15(12-28)30-5)24-19(25-22(17)31-18)21-23-8-11-27(21)4/h7-8,10-11,13,15H,6,9,12H2,1-5H3/t15-/m1/s1. The number of hydrogen-bond acceptors (Lipinski definition) is 7. The van der Waals surface area contributed by atoms with E-state index < -0.39 is 0 Å². The van der Waals surface area contributed by atoms with Gasteiger partial charge in [0.2, 0.25) is 0 Å². The van der Waals surface area contributed by atoms with Gasteiger partial charge in [0.05, 0.1) is 16.4 Å². The van der Waals surface area contributed by atoms with Crippen LogP contribution in [-0.2, 0) is 11.8 Å². The summed E-state index contributed by atoms with van der Waals surface area (Å²) >= 11 is 1.68. The van der Waals surface area contributed by atoms with E-state index in [2.05, 4.69) is 36.7 Å². The molecule has 0 aliphatic carbocycles. The van der Waals surface area contributed by atoms with Crippen molar-refractivity contribution in [3.8, 4) is 22.2 Å². The minimum absolute atomic E-state index is 0.224. The van der Waals surface area contributed by atoms with Gasteiger partial charge in [-0.2, -0.15) is 5.10 Å². The average Bonchev–Trinajstić information content (AvgIpc) is 3.53. The van der Waals surface area contributed by atoms with E-state index in [4.69, 9.17) is 19.8 Å². The smallest absolute Gasteiger partial charge is 0.199 e. The first-order chi connectivity index (χ1) is 15.0. The Labute approximate surface area is 185 Å². The van der Waals surface area contributed by atoms with E-state index >= 15 is 0 Å². The summed E-state index contributed by atoms with van der Waals surface area (Å²) in [6, 6.07) is 2.41. The molecule has 0 spiro atoms. The molecule has 9 heteroatoms. The maximum absolute atomic E-state index is 5.61. The molecule has 0 radical (unpaired) electrons. The van der Waals surface area contributed by atoms with Gasteiger partial charge in [-0.3, -0.25) is 4.68 Å². The molecule has 1 aliphatic heterocycles. The molecule has 31 heavy (non-hydrogen) atoms. The molecule has 8 nitrogen and oxygen atoms in total. The van der Waals surface area contributed by atoms with Crippen molar-refractivity contribution in [2.75, 3.05) is 25.1 Å². The molecule has 1 aliphatic rings. The summed E-state index contributed by atoms with van der Waals surface area (Å²) in [5, 5.41) is 5.91. The molecule has 5 rings (SSSR count). The zero-order chi connectivity index (χ0) is 21.7. The summed E-state index contributed by atoms with van der Waals surface area (Å²) in [7, 11) is 3.75. The summed E-state index contributed by atoms with van der Waals surface area (Å²) in [5.74, 6) is 2.38. The van der Waals surface area contributed by atoms with E-state index in [-0.39, 0.29) is 6.10 Å². The van der Waals surface area contributed by atoms with Crippen LogP contribution in [0.2, 0.25) is 0 Å². The lowest BCUT2D eigenvalue weighted by atomic mass is 10.1. The van der Waals surface area contributed by atoms with Gasteiger partial charge in [-0.1, -0.05) is 0 Å². The van der Waals surface area contributed by atoms with Crippen LogP contribution in [0.15, 0.2) is 24.7 Å². The van der Waals surface area contributed by atoms with Crippen LogP contribution in [0.1, 0.15) is 31.9 Å². The number of ether oxygens (including phenoxy) is 1. The molecule has 1 saturated heterocycles. The van der Waals surface area contributed by atoms with Gasteiger partial charge >= 0.3 is 0 Å². The fourth-order valence-corrected chi connectivity index (χ4v) is 5.27. The molecule has 4 aromatic rings. The highest BCUT2D eigenvalue weighted by molar-refractivity contribution is 7.22. The molecular weight excluding hydrogens is 410 g/mol. The fourth-order valence-electron chi connectivity index (χ4n) is 4.13. The van der Waals surface area contributed by atoms with E-state index in [1.165, 1.54) is 5.56 Å². The number of rotatable bonds is 5. The molecule has 0 amide bonds. The van der Waals surface area contributed by atoms with Gasteiger partial charge in [0, 0.05) is 51.9 Å². The molecule has 0 bridgehead atoms. The molecule has 0 aromatic carbocycles. The maximum Gasteiger partial charge on any atom is 0.199 e. The number of aromatic nitrogens is 6. The maximum atomic E-state index is 5.61. The first kappa shape index (κ1) is 20.1. The normalized spacial score (nSPS) is 16.8. The third kappa shape index (κ3) is 3.41. The SMILES string of the molecule is CO[C@@H]1CCN(c2nc(-c3nccn3C)nc3sc(-c4ccn(C(C)C)n4)c(C)c23)C1. The number of methoxy groups -OCH3 is 1. The van der Waals surface area contributed by atoms with E-state index in [9.17, 15) is 0 Å². The van der Waals surface area contributed by atoms with Crippen LogP contribution in [0.3, 0.4) is 0 Å². The first-order valence-corrected chi connectivity index (χ1v) is 11.4. The molecule has 4 aromatic heterocycles. The van der Waals surface area contributed by atoms with Crippen molar-refractivity contribution in [2.45, 2.75) is 39.3 Å². The Hall–Kier alpha value is -2.78. The highest BCUT2D eigenvalue weighted by atomic mass is 32.1. The van der Waals surface area contributed by atoms with Crippen LogP contribution < -0.4 is 4.90 Å². The number of nitrogens with zero attached hydrogens (tertiary/aromatic N) is 7. The lowest BCUT2D eigenvalue weighted by Crippen LogP contribution is -2.23. The predicted octanol–water partition coefficient (Wildman–Crippen LogP) is 4.07. The second-order valence-electron chi connectivity index (χ2n) is 8.34. The lowest BCUT2D eigenvalue weighted by Gasteiger charge is -2.19. The minimum atomic E-state index is 0.224. The quantitative estimate of drug-likeness (QED) is 0.469. The van der Waals surface area contributed by atoms with Gasteiger partial charge in [-0.15, -0.1) is 11.3 Å². The van der Waals surface area contributed by atoms with Crippen molar-refractivity contribution < 1.29 is 4.74 Å². The Morgan fingerprint density at radius 1 is 1.23 bits per heavy atom. The van der Waals surface area contributed by atoms with Crippen molar-refractivity contribution in [3.05, 3.63) is 30.2 Å². The van der Waals surface area contributed by atoms with Crippen molar-refractivity contribution in [1.82, 2.24) is 29.3 Å². The summed E-state index contributed by atoms with van der Waals surface area (Å²) in [5.41, 5.74) is 2.16. The minimum Gasteiger partial charge on any atom is -0.380 e. The van der Waals surface area contributed by atoms with Crippen LogP contribution in [0.25, 0.3) is 32.4 Å². The van der Waals surface area contributed by atoms with Gasteiger partial charge in [-0.25, -0.2) is 15.0 Å². The number of anilines is 1. The Balaban J connectivity index is 1.70. The fraction of sp³-hybridized carbons (Fsp3) is 0.455. The van der Waals surface area contributed by atoms with E-state index in [0.717, 1.165) is 51.9 Å². The zero-order valence-electron chi connectivity index (χ0n) is 18.5. The monoisotopic (exact) mass is 437 g/mol. The summed E-state index contributed by atoms with van der Waals surface area (Å²) in [6.07, 6.45) is 6.96. The summed E-state index contributed by atoms with van der Waals surface area (Å²) < 4.78 is 9.57. The van der Waals surface area contributed by atoms with Gasteiger partial charge in [0.25, 0.3) is 0 Å². The Morgan fingerprint density at radius 2 is 2.06 bits per heavy atom. The molecule has 5 heterocycles. The lowest BCUT2D eigenvalue weighted by molar-refractivity contribution is 0.121. The second-order valence-corrected chi connectivity index (χ2v) is 9.34. The number of thiophene rings is 1. The first-order valence-electron chi connectivity index (χ1n) is 10.6. The predicted molar refractivity (Wildman–Crippen MR) is 124 cm³/mol. The van der Waals surface area contributed by atoms with Crippen molar-refractivity contribution in [2.24, 2.45) is 7.05 Å². The second kappa shape index (κ2) is 7.72. The zero-order valence-corrected chi connectivity index (χ0v) is 19.3. The summed E-state index contributed by atoms with van der Waals surface area (Å²) in [6.45, 7) is 8.17. The van der Waals surface area contributed by atoms with Crippen LogP contribution in [-0.4, -0.2) is 55.6 Å². The number of aryl methyl sites for hydroxylation is 2.